The number of hydrogen-bond acceptors (Lipinski definition) is 5. The number of carbonyl (C=O) groups is 1. The molecule has 0 N–H and O–H groups in total. The first-order valence-electron chi connectivity index (χ1n) is 6.51. The highest BCUT2D eigenvalue weighted by Crippen LogP contribution is 2.39. The van der Waals surface area contributed by atoms with Crippen LogP contribution in [0.25, 0.3) is 0 Å². The maximum atomic E-state index is 15.3. The number of hydrogen-bond donors (Lipinski definition) is 1. The highest BCUT2D eigenvalue weighted by molar-refractivity contribution is 8.67. The number of rotatable bonds is 3. The molecule has 1 atom stereocenters. The first kappa shape index (κ1) is 14.8. The second-order valence-corrected chi connectivity index (χ2v) is 6.22. The fraction of sp³-hybridized carbons (Fsp3) is 0.750. The summed E-state index contributed by atoms with van der Waals surface area (Å²) in [6, 6.07) is 0. The zero-order valence-electron chi connectivity index (χ0n) is 11.1. The van der Waals surface area contributed by atoms with Crippen molar-refractivity contribution in [3.63, 3.8) is 0 Å². The minimum atomic E-state index is -1.99. The lowest BCUT2D eigenvalue weighted by Gasteiger charge is -2.26. The first-order chi connectivity index (χ1) is 9.00. The molecule has 0 amide bonds. The van der Waals surface area contributed by atoms with Gasteiger partial charge in [0.2, 0.25) is 5.67 Å². The second kappa shape index (κ2) is 5.83. The van der Waals surface area contributed by atoms with Crippen LogP contribution in [0.5, 0.6) is 0 Å². The molecule has 0 saturated carbocycles. The van der Waals surface area contributed by atoms with Gasteiger partial charge in [0, 0.05) is 16.9 Å². The molecule has 1 aliphatic carbocycles. The number of fused-ring (bicyclic) bond motifs is 1. The molecule has 1 aromatic heterocycles. The van der Waals surface area contributed by atoms with Crippen LogP contribution in [0, 0.1) is 5.92 Å². The zero-order valence-corrected chi connectivity index (χ0v) is 12.8. The quantitative estimate of drug-likeness (QED) is 0.688. The number of thiol groups is 1. The highest BCUT2D eigenvalue weighted by Gasteiger charge is 2.46. The Balaban J connectivity index is 2.50. The molecule has 7 heteroatoms. The van der Waals surface area contributed by atoms with Gasteiger partial charge in [-0.2, -0.15) is 4.09 Å². The monoisotopic (exact) mass is 303 g/mol. The van der Waals surface area contributed by atoms with E-state index in [-0.39, 0.29) is 18.0 Å². The summed E-state index contributed by atoms with van der Waals surface area (Å²) < 4.78 is 16.8. The van der Waals surface area contributed by atoms with Gasteiger partial charge in [0.1, 0.15) is 5.69 Å². The number of Topliss-reactive ketones (excluding diaryl/α,β-unsaturated/α-hetero) is 1. The van der Waals surface area contributed by atoms with Crippen molar-refractivity contribution in [1.82, 2.24) is 14.4 Å². The molecular weight excluding hydrogens is 285 g/mol. The minimum absolute atomic E-state index is 0.201. The molecule has 0 aliphatic heterocycles. The van der Waals surface area contributed by atoms with Crippen molar-refractivity contribution < 1.29 is 9.18 Å². The van der Waals surface area contributed by atoms with Gasteiger partial charge in [-0.05, 0) is 25.7 Å². The van der Waals surface area contributed by atoms with Gasteiger partial charge in [-0.25, -0.2) is 4.39 Å². The maximum Gasteiger partial charge on any atom is 0.214 e. The molecule has 1 aromatic rings. The van der Waals surface area contributed by atoms with E-state index in [1.54, 1.807) is 13.8 Å². The second-order valence-electron chi connectivity index (χ2n) is 5.22. The SMILES string of the molecule is CC(C)C(=O)C1(F)CCCCCc2c1nnn2SS. The summed E-state index contributed by atoms with van der Waals surface area (Å²) in [7, 11) is 1.09. The first-order valence-corrected chi connectivity index (χ1v) is 8.33. The summed E-state index contributed by atoms with van der Waals surface area (Å²) in [6.45, 7) is 3.44. The molecule has 2 rings (SSSR count). The van der Waals surface area contributed by atoms with Crippen molar-refractivity contribution in [2.75, 3.05) is 0 Å². The van der Waals surface area contributed by atoms with Crippen LogP contribution in [0.2, 0.25) is 0 Å². The van der Waals surface area contributed by atoms with Crippen molar-refractivity contribution in [3.8, 4) is 0 Å². The van der Waals surface area contributed by atoms with E-state index in [1.165, 1.54) is 4.09 Å². The Morgan fingerprint density at radius 3 is 2.84 bits per heavy atom. The number of alkyl halides is 1. The molecular formula is C12H18FN3OS2. The lowest BCUT2D eigenvalue weighted by molar-refractivity contribution is -0.135. The topological polar surface area (TPSA) is 47.8 Å². The van der Waals surface area contributed by atoms with Crippen LogP contribution in [0.3, 0.4) is 0 Å². The Hall–Kier alpha value is -0.560. The van der Waals surface area contributed by atoms with Gasteiger partial charge in [-0.3, -0.25) is 4.79 Å². The predicted octanol–water partition coefficient (Wildman–Crippen LogP) is 3.13. The summed E-state index contributed by atoms with van der Waals surface area (Å²) in [6.07, 6.45) is 3.47. The molecule has 1 unspecified atom stereocenters. The van der Waals surface area contributed by atoms with Crippen LogP contribution in [-0.4, -0.2) is 20.2 Å². The normalized spacial score (nSPS) is 23.8. The van der Waals surface area contributed by atoms with E-state index >= 15 is 4.39 Å². The van der Waals surface area contributed by atoms with Crippen molar-refractivity contribution in [1.29, 1.82) is 0 Å². The van der Waals surface area contributed by atoms with Crippen molar-refractivity contribution >= 4 is 28.4 Å². The predicted molar refractivity (Wildman–Crippen MR) is 76.8 cm³/mol. The van der Waals surface area contributed by atoms with E-state index < -0.39 is 11.5 Å². The van der Waals surface area contributed by atoms with Gasteiger partial charge in [-0.15, -0.1) is 5.10 Å². The molecule has 0 radical (unpaired) electrons. The van der Waals surface area contributed by atoms with Crippen molar-refractivity contribution in [3.05, 3.63) is 11.4 Å². The molecule has 19 heavy (non-hydrogen) atoms. The Labute approximate surface area is 121 Å². The maximum absolute atomic E-state index is 15.3. The number of carbonyl (C=O) groups excluding carboxylic acids is 1. The van der Waals surface area contributed by atoms with Crippen LogP contribution >= 0.6 is 22.6 Å². The van der Waals surface area contributed by atoms with Crippen molar-refractivity contribution in [2.24, 2.45) is 5.92 Å². The summed E-state index contributed by atoms with van der Waals surface area (Å²) in [5.41, 5.74) is -1.10. The van der Waals surface area contributed by atoms with E-state index in [0.717, 1.165) is 23.8 Å². The van der Waals surface area contributed by atoms with Crippen LogP contribution in [0.15, 0.2) is 0 Å². The third-order valence-electron chi connectivity index (χ3n) is 3.53. The Bertz CT molecular complexity index is 478. The van der Waals surface area contributed by atoms with E-state index in [9.17, 15) is 4.79 Å². The van der Waals surface area contributed by atoms with Crippen LogP contribution in [0.1, 0.15) is 50.9 Å². The molecule has 0 aromatic carbocycles. The average molecular weight is 303 g/mol. The Kier molecular flexibility index (Phi) is 4.55. The molecule has 0 fully saturated rings. The third kappa shape index (κ3) is 2.67. The van der Waals surface area contributed by atoms with Crippen LogP contribution in [0.4, 0.5) is 4.39 Å². The van der Waals surface area contributed by atoms with Crippen LogP contribution < -0.4 is 0 Å². The zero-order chi connectivity index (χ0) is 14.0. The Morgan fingerprint density at radius 1 is 1.47 bits per heavy atom. The molecule has 4 nitrogen and oxygen atoms in total. The number of ketones is 1. The van der Waals surface area contributed by atoms with E-state index in [4.69, 9.17) is 0 Å². The largest absolute Gasteiger partial charge is 0.295 e. The van der Waals surface area contributed by atoms with Crippen molar-refractivity contribution in [2.45, 2.75) is 51.6 Å². The van der Waals surface area contributed by atoms with Gasteiger partial charge in [0.25, 0.3) is 0 Å². The summed E-state index contributed by atoms with van der Waals surface area (Å²) >= 11 is 4.09. The number of halogens is 1. The Morgan fingerprint density at radius 2 is 2.21 bits per heavy atom. The summed E-state index contributed by atoms with van der Waals surface area (Å²) in [5, 5.41) is 7.83. The van der Waals surface area contributed by atoms with Gasteiger partial charge < -0.3 is 0 Å². The molecule has 106 valence electrons. The fourth-order valence-corrected chi connectivity index (χ4v) is 3.27. The van der Waals surface area contributed by atoms with Gasteiger partial charge in [-0.1, -0.05) is 37.1 Å². The van der Waals surface area contributed by atoms with E-state index in [1.807, 2.05) is 0 Å². The average Bonchev–Trinajstić information content (AvgIpc) is 2.77. The standard InChI is InChI=1S/C12H18FN3OS2/c1-8(2)11(17)12(13)7-5-3-4-6-9-10(12)14-15-16(9)19-18/h8,18H,3-7H2,1-2H3. The molecule has 1 aliphatic rings. The number of nitrogens with zero attached hydrogens (tertiary/aromatic N) is 3. The van der Waals surface area contributed by atoms with Gasteiger partial charge in [0.15, 0.2) is 5.78 Å². The number of aromatic nitrogens is 3. The fourth-order valence-electron chi connectivity index (χ4n) is 2.53. The molecule has 0 spiro atoms. The third-order valence-corrected chi connectivity index (χ3v) is 4.44. The highest BCUT2D eigenvalue weighted by atomic mass is 33.1. The van der Waals surface area contributed by atoms with Gasteiger partial charge in [0.05, 0.1) is 5.69 Å². The van der Waals surface area contributed by atoms with Gasteiger partial charge >= 0.3 is 0 Å². The summed E-state index contributed by atoms with van der Waals surface area (Å²) in [4.78, 5) is 12.3. The molecule has 0 saturated heterocycles. The minimum Gasteiger partial charge on any atom is -0.295 e. The smallest absolute Gasteiger partial charge is 0.214 e. The lowest BCUT2D eigenvalue weighted by Crippen LogP contribution is -2.36. The molecule has 1 heterocycles. The summed E-state index contributed by atoms with van der Waals surface area (Å²) in [5.74, 6) is -0.752. The molecule has 0 bridgehead atoms. The lowest BCUT2D eigenvalue weighted by atomic mass is 9.82. The van der Waals surface area contributed by atoms with E-state index in [0.29, 0.717) is 18.5 Å². The van der Waals surface area contributed by atoms with E-state index in [2.05, 4.69) is 22.0 Å². The van der Waals surface area contributed by atoms with Crippen LogP contribution in [-0.2, 0) is 16.9 Å².